The second-order valence-electron chi connectivity index (χ2n) is 4.27. The number of aromatic carboxylic acids is 1. The first-order valence-electron chi connectivity index (χ1n) is 5.88. The third kappa shape index (κ3) is 3.33. The standard InChI is InChI=1S/C14H12BrFN2O2/c1-8(9-2-4-11(16)5-3-9)18-13-12(14(19)20)6-10(15)7-17-13/h2-8H,1H3,(H,17,18)(H,19,20). The number of pyridine rings is 1. The first-order chi connectivity index (χ1) is 9.47. The molecule has 1 aromatic carbocycles. The second kappa shape index (κ2) is 6.00. The fraction of sp³-hybridized carbons (Fsp3) is 0.143. The highest BCUT2D eigenvalue weighted by Crippen LogP contribution is 2.23. The zero-order chi connectivity index (χ0) is 14.7. The van der Waals surface area contributed by atoms with Gasteiger partial charge in [-0.3, -0.25) is 0 Å². The van der Waals surface area contributed by atoms with Gasteiger partial charge < -0.3 is 10.4 Å². The molecule has 0 saturated carbocycles. The van der Waals surface area contributed by atoms with Gasteiger partial charge in [0.05, 0.1) is 0 Å². The van der Waals surface area contributed by atoms with Crippen molar-refractivity contribution in [2.24, 2.45) is 0 Å². The van der Waals surface area contributed by atoms with Crippen molar-refractivity contribution in [3.63, 3.8) is 0 Å². The van der Waals surface area contributed by atoms with Crippen LogP contribution in [0.3, 0.4) is 0 Å². The van der Waals surface area contributed by atoms with E-state index in [4.69, 9.17) is 5.11 Å². The number of carbonyl (C=O) groups is 1. The van der Waals surface area contributed by atoms with Crippen molar-refractivity contribution in [2.45, 2.75) is 13.0 Å². The molecule has 0 fully saturated rings. The van der Waals surface area contributed by atoms with Gasteiger partial charge in [-0.25, -0.2) is 14.2 Å². The maximum Gasteiger partial charge on any atom is 0.339 e. The Morgan fingerprint density at radius 1 is 1.40 bits per heavy atom. The molecule has 20 heavy (non-hydrogen) atoms. The van der Waals surface area contributed by atoms with Crippen LogP contribution in [0.1, 0.15) is 28.9 Å². The molecule has 1 heterocycles. The van der Waals surface area contributed by atoms with Crippen LogP contribution in [0.15, 0.2) is 41.0 Å². The summed E-state index contributed by atoms with van der Waals surface area (Å²) in [4.78, 5) is 15.3. The van der Waals surface area contributed by atoms with Gasteiger partial charge in [-0.1, -0.05) is 12.1 Å². The van der Waals surface area contributed by atoms with Crippen LogP contribution in [-0.4, -0.2) is 16.1 Å². The maximum atomic E-state index is 12.9. The molecule has 0 bridgehead atoms. The van der Waals surface area contributed by atoms with Crippen LogP contribution in [0.2, 0.25) is 0 Å². The van der Waals surface area contributed by atoms with E-state index < -0.39 is 5.97 Å². The highest BCUT2D eigenvalue weighted by atomic mass is 79.9. The zero-order valence-corrected chi connectivity index (χ0v) is 12.2. The number of halogens is 2. The van der Waals surface area contributed by atoms with Crippen molar-refractivity contribution in [3.8, 4) is 0 Å². The Morgan fingerprint density at radius 3 is 2.65 bits per heavy atom. The first-order valence-corrected chi connectivity index (χ1v) is 6.67. The lowest BCUT2D eigenvalue weighted by Gasteiger charge is -2.16. The molecule has 0 aliphatic heterocycles. The number of anilines is 1. The molecule has 2 rings (SSSR count). The molecule has 1 atom stereocenters. The molecule has 0 spiro atoms. The van der Waals surface area contributed by atoms with Crippen LogP contribution < -0.4 is 5.32 Å². The summed E-state index contributed by atoms with van der Waals surface area (Å²) in [5.74, 6) is -1.10. The van der Waals surface area contributed by atoms with Crippen LogP contribution >= 0.6 is 15.9 Å². The summed E-state index contributed by atoms with van der Waals surface area (Å²) in [7, 11) is 0. The fourth-order valence-electron chi connectivity index (χ4n) is 1.76. The third-order valence-corrected chi connectivity index (χ3v) is 3.24. The van der Waals surface area contributed by atoms with E-state index in [0.717, 1.165) is 5.56 Å². The van der Waals surface area contributed by atoms with Gasteiger partial charge in [-0.2, -0.15) is 0 Å². The van der Waals surface area contributed by atoms with Crippen molar-refractivity contribution >= 4 is 27.7 Å². The van der Waals surface area contributed by atoms with E-state index in [2.05, 4.69) is 26.2 Å². The zero-order valence-electron chi connectivity index (χ0n) is 10.6. The molecule has 1 unspecified atom stereocenters. The average molecular weight is 339 g/mol. The van der Waals surface area contributed by atoms with Gasteiger partial charge in [0.25, 0.3) is 0 Å². The number of carboxylic acid groups (broad SMARTS) is 1. The molecule has 1 aromatic heterocycles. The van der Waals surface area contributed by atoms with E-state index >= 15 is 0 Å². The Morgan fingerprint density at radius 2 is 2.05 bits per heavy atom. The number of hydrogen-bond acceptors (Lipinski definition) is 3. The summed E-state index contributed by atoms with van der Waals surface area (Å²) in [6, 6.07) is 7.30. The van der Waals surface area contributed by atoms with Gasteiger partial charge in [-0.15, -0.1) is 0 Å². The molecule has 0 radical (unpaired) electrons. The summed E-state index contributed by atoms with van der Waals surface area (Å²) in [5, 5.41) is 12.2. The Labute approximate surface area is 123 Å². The van der Waals surface area contributed by atoms with Crippen molar-refractivity contribution in [2.75, 3.05) is 5.32 Å². The van der Waals surface area contributed by atoms with Crippen LogP contribution in [0.5, 0.6) is 0 Å². The minimum absolute atomic E-state index is 0.0772. The van der Waals surface area contributed by atoms with Gasteiger partial charge in [0, 0.05) is 16.7 Å². The van der Waals surface area contributed by atoms with E-state index in [1.54, 1.807) is 12.1 Å². The number of carboxylic acids is 1. The lowest BCUT2D eigenvalue weighted by molar-refractivity contribution is 0.0697. The quantitative estimate of drug-likeness (QED) is 0.888. The molecule has 4 nitrogen and oxygen atoms in total. The number of hydrogen-bond donors (Lipinski definition) is 2. The predicted octanol–water partition coefficient (Wildman–Crippen LogP) is 3.85. The highest BCUT2D eigenvalue weighted by Gasteiger charge is 2.15. The molecule has 0 saturated heterocycles. The van der Waals surface area contributed by atoms with E-state index in [0.29, 0.717) is 4.47 Å². The lowest BCUT2D eigenvalue weighted by atomic mass is 10.1. The number of nitrogens with zero attached hydrogens (tertiary/aromatic N) is 1. The van der Waals surface area contributed by atoms with Crippen LogP contribution in [0.4, 0.5) is 10.2 Å². The van der Waals surface area contributed by atoms with E-state index in [1.165, 1.54) is 24.4 Å². The smallest absolute Gasteiger partial charge is 0.339 e. The summed E-state index contributed by atoms with van der Waals surface area (Å²) < 4.78 is 13.5. The van der Waals surface area contributed by atoms with Crippen molar-refractivity contribution in [1.29, 1.82) is 0 Å². The van der Waals surface area contributed by atoms with Crippen LogP contribution in [-0.2, 0) is 0 Å². The lowest BCUT2D eigenvalue weighted by Crippen LogP contribution is -2.12. The number of rotatable bonds is 4. The van der Waals surface area contributed by atoms with Gasteiger partial charge in [0.1, 0.15) is 17.2 Å². The third-order valence-electron chi connectivity index (χ3n) is 2.81. The average Bonchev–Trinajstić information content (AvgIpc) is 2.41. The van der Waals surface area contributed by atoms with Crippen molar-refractivity contribution in [1.82, 2.24) is 4.98 Å². The molecular weight excluding hydrogens is 327 g/mol. The largest absolute Gasteiger partial charge is 0.478 e. The first kappa shape index (κ1) is 14.5. The minimum Gasteiger partial charge on any atom is -0.478 e. The molecule has 104 valence electrons. The fourth-order valence-corrected chi connectivity index (χ4v) is 2.09. The number of benzene rings is 1. The van der Waals surface area contributed by atoms with Gasteiger partial charge >= 0.3 is 5.97 Å². The Hall–Kier alpha value is -1.95. The topological polar surface area (TPSA) is 62.2 Å². The van der Waals surface area contributed by atoms with Crippen LogP contribution in [0, 0.1) is 5.82 Å². The van der Waals surface area contributed by atoms with Crippen molar-refractivity contribution < 1.29 is 14.3 Å². The van der Waals surface area contributed by atoms with Gasteiger partial charge in [-0.05, 0) is 46.6 Å². The number of nitrogens with one attached hydrogen (secondary N) is 1. The van der Waals surface area contributed by atoms with Crippen LogP contribution in [0.25, 0.3) is 0 Å². The summed E-state index contributed by atoms with van der Waals surface area (Å²) in [6.45, 7) is 1.85. The van der Waals surface area contributed by atoms with E-state index in [9.17, 15) is 9.18 Å². The molecular formula is C14H12BrFN2O2. The highest BCUT2D eigenvalue weighted by molar-refractivity contribution is 9.10. The molecule has 6 heteroatoms. The van der Waals surface area contributed by atoms with E-state index in [1.807, 2.05) is 6.92 Å². The minimum atomic E-state index is -1.06. The Balaban J connectivity index is 2.25. The van der Waals surface area contributed by atoms with Gasteiger partial charge in [0.2, 0.25) is 0 Å². The maximum absolute atomic E-state index is 12.9. The van der Waals surface area contributed by atoms with E-state index in [-0.39, 0.29) is 23.2 Å². The molecule has 0 amide bonds. The molecule has 2 aromatic rings. The summed E-state index contributed by atoms with van der Waals surface area (Å²) >= 11 is 3.19. The van der Waals surface area contributed by atoms with Crippen molar-refractivity contribution in [3.05, 3.63) is 57.9 Å². The molecule has 0 aliphatic rings. The monoisotopic (exact) mass is 338 g/mol. The number of aromatic nitrogens is 1. The second-order valence-corrected chi connectivity index (χ2v) is 5.19. The SMILES string of the molecule is CC(Nc1ncc(Br)cc1C(=O)O)c1ccc(F)cc1. The normalized spacial score (nSPS) is 11.9. The van der Waals surface area contributed by atoms with Gasteiger partial charge in [0.15, 0.2) is 0 Å². The Bertz CT molecular complexity index is 632. The summed E-state index contributed by atoms with van der Waals surface area (Å²) in [5.41, 5.74) is 0.917. The molecule has 0 aliphatic carbocycles. The predicted molar refractivity (Wildman–Crippen MR) is 77.3 cm³/mol. The molecule has 2 N–H and O–H groups in total. The summed E-state index contributed by atoms with van der Waals surface area (Å²) in [6.07, 6.45) is 1.52. The Kier molecular flexibility index (Phi) is 4.34.